The Bertz CT molecular complexity index is 686. The van der Waals surface area contributed by atoms with Gasteiger partial charge in [0.2, 0.25) is 0 Å². The summed E-state index contributed by atoms with van der Waals surface area (Å²) < 4.78 is 0. The van der Waals surface area contributed by atoms with E-state index in [9.17, 15) is 4.79 Å². The zero-order chi connectivity index (χ0) is 18.5. The molecule has 2 aromatic rings. The predicted octanol–water partition coefficient (Wildman–Crippen LogP) is 5.28. The van der Waals surface area contributed by atoms with E-state index in [4.69, 9.17) is 0 Å². The summed E-state index contributed by atoms with van der Waals surface area (Å²) in [6.07, 6.45) is 1.67. The first-order chi connectivity index (χ1) is 11.9. The van der Waals surface area contributed by atoms with Gasteiger partial charge in [-0.2, -0.15) is 0 Å². The molecule has 0 heterocycles. The number of carbonyl (C=O) groups excluding carboxylic acids is 1. The van der Waals surface area contributed by atoms with Crippen LogP contribution in [-0.4, -0.2) is 18.0 Å². The first-order valence-corrected chi connectivity index (χ1v) is 9.04. The molecule has 2 amide bonds. The highest BCUT2D eigenvalue weighted by molar-refractivity contribution is 5.76. The van der Waals surface area contributed by atoms with Crippen molar-refractivity contribution in [2.75, 3.05) is 7.05 Å². The van der Waals surface area contributed by atoms with Crippen LogP contribution in [0.5, 0.6) is 0 Å². The van der Waals surface area contributed by atoms with Crippen molar-refractivity contribution in [3.8, 4) is 0 Å². The lowest BCUT2D eigenvalue weighted by Crippen LogP contribution is -2.54. The Morgan fingerprint density at radius 3 is 1.80 bits per heavy atom. The highest BCUT2D eigenvalue weighted by Gasteiger charge is 2.35. The monoisotopic (exact) mass is 338 g/mol. The standard InChI is InChI=1S/C22H30N2O/c1-6-21(3,18-14-10-8-11-15-18)23-20(25)24(5)22(4,7-2)19-16-12-9-13-17-19/h8-17H,6-7H2,1-5H3,(H,23,25). The van der Waals surface area contributed by atoms with Crippen LogP contribution in [0.2, 0.25) is 0 Å². The van der Waals surface area contributed by atoms with Crippen LogP contribution in [0, 0.1) is 0 Å². The van der Waals surface area contributed by atoms with E-state index in [-0.39, 0.29) is 11.6 Å². The third-order valence-electron chi connectivity index (χ3n) is 5.63. The summed E-state index contributed by atoms with van der Waals surface area (Å²) in [6.45, 7) is 8.42. The number of hydrogen-bond donors (Lipinski definition) is 1. The summed E-state index contributed by atoms with van der Waals surface area (Å²) in [7, 11) is 1.88. The molecule has 0 fully saturated rings. The van der Waals surface area contributed by atoms with Gasteiger partial charge in [-0.15, -0.1) is 0 Å². The van der Waals surface area contributed by atoms with Crippen molar-refractivity contribution >= 4 is 6.03 Å². The molecule has 0 aromatic heterocycles. The first-order valence-electron chi connectivity index (χ1n) is 9.04. The van der Waals surface area contributed by atoms with Crippen LogP contribution in [0.25, 0.3) is 0 Å². The van der Waals surface area contributed by atoms with Crippen LogP contribution >= 0.6 is 0 Å². The molecule has 1 N–H and O–H groups in total. The molecular weight excluding hydrogens is 308 g/mol. The van der Waals surface area contributed by atoms with Crippen LogP contribution < -0.4 is 5.32 Å². The van der Waals surface area contributed by atoms with Gasteiger partial charge in [0.25, 0.3) is 0 Å². The van der Waals surface area contributed by atoms with Gasteiger partial charge in [-0.05, 0) is 37.8 Å². The van der Waals surface area contributed by atoms with Crippen LogP contribution in [0.15, 0.2) is 60.7 Å². The van der Waals surface area contributed by atoms with E-state index in [1.54, 1.807) is 0 Å². The summed E-state index contributed by atoms with van der Waals surface area (Å²) in [5.41, 5.74) is 1.53. The molecule has 3 heteroatoms. The van der Waals surface area contributed by atoms with Crippen molar-refractivity contribution in [3.05, 3.63) is 71.8 Å². The SMILES string of the molecule is CCC(C)(NC(=O)N(C)C(C)(CC)c1ccccc1)c1ccccc1. The van der Waals surface area contributed by atoms with E-state index in [2.05, 4.69) is 57.3 Å². The van der Waals surface area contributed by atoms with Crippen molar-refractivity contribution < 1.29 is 4.79 Å². The lowest BCUT2D eigenvalue weighted by atomic mass is 9.87. The first kappa shape index (κ1) is 19.0. The Morgan fingerprint density at radius 1 is 0.880 bits per heavy atom. The van der Waals surface area contributed by atoms with E-state index in [0.717, 1.165) is 24.0 Å². The van der Waals surface area contributed by atoms with Crippen molar-refractivity contribution in [1.82, 2.24) is 10.2 Å². The minimum Gasteiger partial charge on any atom is -0.329 e. The van der Waals surface area contributed by atoms with Crippen LogP contribution in [0.3, 0.4) is 0 Å². The van der Waals surface area contributed by atoms with Gasteiger partial charge < -0.3 is 10.2 Å². The van der Waals surface area contributed by atoms with E-state index >= 15 is 0 Å². The van der Waals surface area contributed by atoms with Crippen LogP contribution in [0.1, 0.15) is 51.7 Å². The Hall–Kier alpha value is -2.29. The molecule has 0 aliphatic carbocycles. The van der Waals surface area contributed by atoms with Gasteiger partial charge in [-0.1, -0.05) is 74.5 Å². The number of urea groups is 1. The lowest BCUT2D eigenvalue weighted by Gasteiger charge is -2.41. The molecule has 0 saturated carbocycles. The van der Waals surface area contributed by atoms with Gasteiger partial charge in [0.05, 0.1) is 11.1 Å². The third kappa shape index (κ3) is 3.87. The van der Waals surface area contributed by atoms with Gasteiger partial charge in [-0.3, -0.25) is 0 Å². The second-order valence-electron chi connectivity index (χ2n) is 7.03. The zero-order valence-corrected chi connectivity index (χ0v) is 16.0. The van der Waals surface area contributed by atoms with Crippen LogP contribution in [-0.2, 0) is 11.1 Å². The van der Waals surface area contributed by atoms with Crippen molar-refractivity contribution in [3.63, 3.8) is 0 Å². The number of carbonyl (C=O) groups is 1. The smallest absolute Gasteiger partial charge is 0.318 e. The lowest BCUT2D eigenvalue weighted by molar-refractivity contribution is 0.131. The molecule has 0 saturated heterocycles. The quantitative estimate of drug-likeness (QED) is 0.763. The van der Waals surface area contributed by atoms with E-state index in [1.165, 1.54) is 0 Å². The maximum atomic E-state index is 13.1. The molecule has 0 aliphatic heterocycles. The minimum absolute atomic E-state index is 0.0543. The van der Waals surface area contributed by atoms with E-state index < -0.39 is 5.54 Å². The largest absolute Gasteiger partial charge is 0.329 e. The number of amides is 2. The van der Waals surface area contributed by atoms with Gasteiger partial charge >= 0.3 is 6.03 Å². The minimum atomic E-state index is -0.391. The molecule has 3 nitrogen and oxygen atoms in total. The molecule has 0 spiro atoms. The number of rotatable bonds is 6. The van der Waals surface area contributed by atoms with Crippen molar-refractivity contribution in [2.45, 2.75) is 51.6 Å². The molecule has 0 bridgehead atoms. The van der Waals surface area contributed by atoms with Crippen molar-refractivity contribution in [2.24, 2.45) is 0 Å². The molecule has 2 atom stereocenters. The molecule has 2 aromatic carbocycles. The van der Waals surface area contributed by atoms with E-state index in [1.807, 2.05) is 48.3 Å². The normalized spacial score (nSPS) is 15.7. The Labute approximate surface area is 152 Å². The highest BCUT2D eigenvalue weighted by Crippen LogP contribution is 2.32. The predicted molar refractivity (Wildman–Crippen MR) is 104 cm³/mol. The highest BCUT2D eigenvalue weighted by atomic mass is 16.2. The summed E-state index contributed by atoms with van der Waals surface area (Å²) in [6, 6.07) is 20.3. The molecule has 0 aliphatic rings. The maximum absolute atomic E-state index is 13.1. The Kier molecular flexibility index (Phi) is 5.89. The van der Waals surface area contributed by atoms with E-state index in [0.29, 0.717) is 0 Å². The number of nitrogens with zero attached hydrogens (tertiary/aromatic N) is 1. The van der Waals surface area contributed by atoms with Crippen LogP contribution in [0.4, 0.5) is 4.79 Å². The Balaban J connectivity index is 2.26. The molecule has 25 heavy (non-hydrogen) atoms. The molecule has 0 radical (unpaired) electrons. The average Bonchev–Trinajstić information content (AvgIpc) is 2.67. The van der Waals surface area contributed by atoms with Gasteiger partial charge in [0, 0.05) is 7.05 Å². The molecular formula is C22H30N2O. The third-order valence-corrected chi connectivity index (χ3v) is 5.63. The van der Waals surface area contributed by atoms with Gasteiger partial charge in [0.1, 0.15) is 0 Å². The maximum Gasteiger partial charge on any atom is 0.318 e. The molecule has 2 rings (SSSR count). The number of nitrogens with one attached hydrogen (secondary N) is 1. The Morgan fingerprint density at radius 2 is 1.36 bits per heavy atom. The number of benzene rings is 2. The summed E-state index contributed by atoms with van der Waals surface area (Å²) in [5.74, 6) is 0. The number of hydrogen-bond acceptors (Lipinski definition) is 1. The fraction of sp³-hybridized carbons (Fsp3) is 0.409. The molecule has 2 unspecified atom stereocenters. The summed E-state index contributed by atoms with van der Waals surface area (Å²) in [5, 5.41) is 3.26. The zero-order valence-electron chi connectivity index (χ0n) is 16.0. The average molecular weight is 338 g/mol. The summed E-state index contributed by atoms with van der Waals surface area (Å²) in [4.78, 5) is 14.9. The fourth-order valence-electron chi connectivity index (χ4n) is 3.15. The van der Waals surface area contributed by atoms with Crippen molar-refractivity contribution in [1.29, 1.82) is 0 Å². The van der Waals surface area contributed by atoms with Gasteiger partial charge in [-0.25, -0.2) is 4.79 Å². The van der Waals surface area contributed by atoms with Gasteiger partial charge in [0.15, 0.2) is 0 Å². The fourth-order valence-corrected chi connectivity index (χ4v) is 3.15. The second-order valence-corrected chi connectivity index (χ2v) is 7.03. The molecule has 134 valence electrons. The summed E-state index contributed by atoms with van der Waals surface area (Å²) >= 11 is 0. The topological polar surface area (TPSA) is 32.3 Å². The second kappa shape index (κ2) is 7.73.